The number of hydrogen-bond acceptors (Lipinski definition) is 7. The van der Waals surface area contributed by atoms with Crippen molar-refractivity contribution in [3.8, 4) is 0 Å². The van der Waals surface area contributed by atoms with Crippen LogP contribution < -0.4 is 0 Å². The molecule has 0 aromatic rings. The van der Waals surface area contributed by atoms with Crippen molar-refractivity contribution >= 4 is 17.7 Å². The minimum absolute atomic E-state index is 0.0176. The van der Waals surface area contributed by atoms with Crippen molar-refractivity contribution in [3.63, 3.8) is 0 Å². The van der Waals surface area contributed by atoms with E-state index in [0.29, 0.717) is 0 Å². The molecule has 7 nitrogen and oxygen atoms in total. The van der Waals surface area contributed by atoms with E-state index in [0.717, 1.165) is 7.11 Å². The molecule has 0 spiro atoms. The molecule has 0 aliphatic rings. The van der Waals surface area contributed by atoms with E-state index in [1.165, 1.54) is 7.11 Å². The van der Waals surface area contributed by atoms with E-state index in [1.807, 2.05) is 0 Å². The third-order valence-corrected chi connectivity index (χ3v) is 1.89. The van der Waals surface area contributed by atoms with Crippen molar-refractivity contribution in [2.75, 3.05) is 14.2 Å². The van der Waals surface area contributed by atoms with Crippen LogP contribution in [0.25, 0.3) is 0 Å². The number of aliphatic hydroxyl groups is 1. The molecule has 92 valence electrons. The first-order valence-corrected chi connectivity index (χ1v) is 4.57. The molecule has 0 amide bonds. The lowest BCUT2D eigenvalue weighted by atomic mass is 10.1. The van der Waals surface area contributed by atoms with Crippen LogP contribution in [0.1, 0.15) is 19.3 Å². The molecule has 16 heavy (non-hydrogen) atoms. The van der Waals surface area contributed by atoms with Crippen LogP contribution in [0.3, 0.4) is 0 Å². The van der Waals surface area contributed by atoms with E-state index in [9.17, 15) is 14.7 Å². The van der Waals surface area contributed by atoms with Gasteiger partial charge in [0.1, 0.15) is 0 Å². The lowest BCUT2D eigenvalue weighted by Crippen LogP contribution is -2.25. The number of carbonyl (C=O) groups excluding carboxylic acids is 2. The van der Waals surface area contributed by atoms with Crippen LogP contribution in [-0.4, -0.2) is 48.3 Å². The molecule has 0 aliphatic heterocycles. The molecule has 0 bridgehead atoms. The average Bonchev–Trinajstić information content (AvgIpc) is 2.32. The Morgan fingerprint density at radius 3 is 2.31 bits per heavy atom. The van der Waals surface area contributed by atoms with E-state index < -0.39 is 18.0 Å². The minimum atomic E-state index is -1.39. The first kappa shape index (κ1) is 14.4. The number of ether oxygens (including phenoxy) is 2. The monoisotopic (exact) mass is 233 g/mol. The molecule has 0 rings (SSSR count). The normalized spacial score (nSPS) is 13.1. The van der Waals surface area contributed by atoms with Crippen molar-refractivity contribution in [3.05, 3.63) is 0 Å². The fourth-order valence-electron chi connectivity index (χ4n) is 0.984. The Morgan fingerprint density at radius 2 is 1.88 bits per heavy atom. The van der Waals surface area contributed by atoms with Gasteiger partial charge in [-0.2, -0.15) is 0 Å². The number of methoxy groups -OCH3 is 2. The van der Waals surface area contributed by atoms with Crippen molar-refractivity contribution in [2.45, 2.75) is 25.4 Å². The zero-order valence-corrected chi connectivity index (χ0v) is 9.17. The summed E-state index contributed by atoms with van der Waals surface area (Å²) >= 11 is 0. The molecule has 0 fully saturated rings. The molecule has 0 heterocycles. The Kier molecular flexibility index (Phi) is 6.86. The van der Waals surface area contributed by atoms with Crippen LogP contribution in [0, 0.1) is 0 Å². The summed E-state index contributed by atoms with van der Waals surface area (Å²) in [6.07, 6.45) is -1.45. The second-order valence-corrected chi connectivity index (χ2v) is 2.99. The minimum Gasteiger partial charge on any atom is -0.469 e. The van der Waals surface area contributed by atoms with Gasteiger partial charge in [0.2, 0.25) is 0 Å². The Balaban J connectivity index is 4.12. The van der Waals surface area contributed by atoms with Crippen molar-refractivity contribution < 1.29 is 29.4 Å². The molecule has 0 saturated carbocycles. The van der Waals surface area contributed by atoms with Crippen LogP contribution >= 0.6 is 0 Å². The number of esters is 2. The topological polar surface area (TPSA) is 105 Å². The Bertz CT molecular complexity index is 275. The maximum absolute atomic E-state index is 10.9. The Hall–Kier alpha value is -1.63. The van der Waals surface area contributed by atoms with E-state index in [-0.39, 0.29) is 25.0 Å². The molecule has 2 N–H and O–H groups in total. The molecular weight excluding hydrogens is 218 g/mol. The zero-order valence-electron chi connectivity index (χ0n) is 9.17. The fourth-order valence-corrected chi connectivity index (χ4v) is 0.984. The van der Waals surface area contributed by atoms with Gasteiger partial charge in [-0.25, -0.2) is 4.79 Å². The molecule has 0 radical (unpaired) electrons. The van der Waals surface area contributed by atoms with Gasteiger partial charge in [0.15, 0.2) is 6.10 Å². The lowest BCUT2D eigenvalue weighted by molar-refractivity contribution is -0.149. The van der Waals surface area contributed by atoms with Crippen molar-refractivity contribution in [1.29, 1.82) is 0 Å². The summed E-state index contributed by atoms with van der Waals surface area (Å²) in [6.45, 7) is 0. The second kappa shape index (κ2) is 7.63. The third kappa shape index (κ3) is 5.30. The molecular formula is C9H15NO6. The summed E-state index contributed by atoms with van der Waals surface area (Å²) in [7, 11) is 2.37. The molecule has 0 aromatic heterocycles. The van der Waals surface area contributed by atoms with Gasteiger partial charge >= 0.3 is 11.9 Å². The Labute approximate surface area is 92.6 Å². The SMILES string of the molecule is COC(=O)CC/C(CC(O)C(=O)OC)=N/O. The quantitative estimate of drug-likeness (QED) is 0.282. The van der Waals surface area contributed by atoms with Crippen LogP contribution in [0.4, 0.5) is 0 Å². The van der Waals surface area contributed by atoms with Crippen LogP contribution in [0.2, 0.25) is 0 Å². The summed E-state index contributed by atoms with van der Waals surface area (Å²) < 4.78 is 8.68. The highest BCUT2D eigenvalue weighted by Gasteiger charge is 2.19. The summed E-state index contributed by atoms with van der Waals surface area (Å²) in [6, 6.07) is 0. The standard InChI is InChI=1S/C9H15NO6/c1-15-8(12)4-3-6(10-14)5-7(11)9(13)16-2/h7,11,14H,3-5H2,1-2H3/b10-6-. The summed E-state index contributed by atoms with van der Waals surface area (Å²) in [4.78, 5) is 21.7. The smallest absolute Gasteiger partial charge is 0.335 e. The molecule has 1 atom stereocenters. The molecule has 0 saturated heterocycles. The maximum atomic E-state index is 10.9. The van der Waals surface area contributed by atoms with E-state index in [4.69, 9.17) is 5.21 Å². The molecule has 1 unspecified atom stereocenters. The van der Waals surface area contributed by atoms with Crippen LogP contribution in [-0.2, 0) is 19.1 Å². The summed E-state index contributed by atoms with van der Waals surface area (Å²) in [5.41, 5.74) is 0.128. The lowest BCUT2D eigenvalue weighted by Gasteiger charge is -2.08. The third-order valence-electron chi connectivity index (χ3n) is 1.89. The van der Waals surface area contributed by atoms with Gasteiger partial charge in [-0.05, 0) is 6.42 Å². The number of hydrogen-bond donors (Lipinski definition) is 2. The van der Waals surface area contributed by atoms with E-state index >= 15 is 0 Å². The predicted octanol–water partition coefficient (Wildman–Crippen LogP) is -0.306. The van der Waals surface area contributed by atoms with Gasteiger partial charge in [-0.3, -0.25) is 4.79 Å². The van der Waals surface area contributed by atoms with Gasteiger partial charge < -0.3 is 19.8 Å². The number of nitrogens with zero attached hydrogens (tertiary/aromatic N) is 1. The molecule has 0 aromatic carbocycles. The average molecular weight is 233 g/mol. The largest absolute Gasteiger partial charge is 0.469 e. The van der Waals surface area contributed by atoms with Gasteiger partial charge in [0, 0.05) is 6.42 Å². The zero-order chi connectivity index (χ0) is 12.6. The number of rotatable bonds is 6. The van der Waals surface area contributed by atoms with E-state index in [1.54, 1.807) is 0 Å². The summed E-state index contributed by atoms with van der Waals surface area (Å²) in [5, 5.41) is 20.7. The first-order chi connectivity index (χ1) is 7.54. The molecule has 0 aliphatic carbocycles. The number of carbonyl (C=O) groups is 2. The van der Waals surface area contributed by atoms with Gasteiger partial charge in [0.25, 0.3) is 0 Å². The number of oxime groups is 1. The van der Waals surface area contributed by atoms with Gasteiger partial charge in [0.05, 0.1) is 26.4 Å². The molecule has 7 heteroatoms. The van der Waals surface area contributed by atoms with Crippen LogP contribution in [0.5, 0.6) is 0 Å². The highest BCUT2D eigenvalue weighted by Crippen LogP contribution is 2.04. The van der Waals surface area contributed by atoms with Crippen LogP contribution in [0.15, 0.2) is 5.16 Å². The maximum Gasteiger partial charge on any atom is 0.335 e. The highest BCUT2D eigenvalue weighted by atomic mass is 16.5. The van der Waals surface area contributed by atoms with Gasteiger partial charge in [-0.1, -0.05) is 5.16 Å². The first-order valence-electron chi connectivity index (χ1n) is 4.57. The van der Waals surface area contributed by atoms with Crippen molar-refractivity contribution in [2.24, 2.45) is 5.16 Å². The fraction of sp³-hybridized carbons (Fsp3) is 0.667. The highest BCUT2D eigenvalue weighted by molar-refractivity contribution is 5.90. The van der Waals surface area contributed by atoms with E-state index in [2.05, 4.69) is 14.6 Å². The summed E-state index contributed by atoms with van der Waals surface area (Å²) in [5.74, 6) is -1.28. The number of aliphatic hydroxyl groups excluding tert-OH is 1. The predicted molar refractivity (Wildman–Crippen MR) is 53.1 cm³/mol. The van der Waals surface area contributed by atoms with Gasteiger partial charge in [-0.15, -0.1) is 0 Å². The second-order valence-electron chi connectivity index (χ2n) is 2.99. The van der Waals surface area contributed by atoms with Crippen molar-refractivity contribution in [1.82, 2.24) is 0 Å². The Morgan fingerprint density at radius 1 is 1.25 bits per heavy atom.